The zero-order chi connectivity index (χ0) is 19.6. The van der Waals surface area contributed by atoms with Gasteiger partial charge in [-0.1, -0.05) is 38.6 Å². The Bertz CT molecular complexity index is 772. The number of fused-ring (bicyclic) bond motifs is 5. The molecule has 3 nitrogen and oxygen atoms in total. The number of rotatable bonds is 2. The molecule has 4 rings (SSSR count). The van der Waals surface area contributed by atoms with Crippen LogP contribution in [-0.4, -0.2) is 22.7 Å². The molecule has 0 aromatic rings. The van der Waals surface area contributed by atoms with Crippen molar-refractivity contribution in [3.05, 3.63) is 23.8 Å². The topological polar surface area (TPSA) is 51.2 Å². The number of carbonyl (C=O) groups excluding carboxylic acids is 3. The second-order valence-electron chi connectivity index (χ2n) is 9.39. The molecule has 7 atom stereocenters. The first kappa shape index (κ1) is 19.1. The van der Waals surface area contributed by atoms with Crippen LogP contribution in [0.4, 0.5) is 4.39 Å². The van der Waals surface area contributed by atoms with E-state index in [-0.39, 0.29) is 45.3 Å². The number of thioether (sulfide) groups is 1. The normalized spacial score (nSPS) is 45.8. The van der Waals surface area contributed by atoms with Crippen LogP contribution >= 0.6 is 11.8 Å². The molecule has 146 valence electrons. The van der Waals surface area contributed by atoms with E-state index in [9.17, 15) is 18.8 Å². The fourth-order valence-electron chi connectivity index (χ4n) is 7.05. The van der Waals surface area contributed by atoms with Gasteiger partial charge in [-0.3, -0.25) is 14.4 Å². The third kappa shape index (κ3) is 2.64. The Morgan fingerprint density at radius 1 is 1.30 bits per heavy atom. The molecule has 0 bridgehead atoms. The molecular weight excluding hydrogens is 363 g/mol. The van der Waals surface area contributed by atoms with Gasteiger partial charge in [0.2, 0.25) is 0 Å². The average Bonchev–Trinajstić information content (AvgIpc) is 2.87. The van der Waals surface area contributed by atoms with Gasteiger partial charge < -0.3 is 0 Å². The van der Waals surface area contributed by atoms with E-state index in [0.717, 1.165) is 31.0 Å². The van der Waals surface area contributed by atoms with Crippen LogP contribution in [0.3, 0.4) is 0 Å². The third-order valence-electron chi connectivity index (χ3n) is 8.18. The summed E-state index contributed by atoms with van der Waals surface area (Å²) in [7, 11) is 0. The van der Waals surface area contributed by atoms with Crippen molar-refractivity contribution >= 4 is 28.4 Å². The largest absolute Gasteiger partial charge is 0.295 e. The summed E-state index contributed by atoms with van der Waals surface area (Å²) in [5.74, 6) is 0.917. The van der Waals surface area contributed by atoms with Crippen molar-refractivity contribution in [2.75, 3.05) is 6.01 Å². The second kappa shape index (κ2) is 6.40. The van der Waals surface area contributed by atoms with E-state index in [1.807, 2.05) is 6.08 Å². The van der Waals surface area contributed by atoms with Gasteiger partial charge in [0.05, 0.1) is 0 Å². The van der Waals surface area contributed by atoms with E-state index >= 15 is 0 Å². The molecule has 0 spiro atoms. The summed E-state index contributed by atoms with van der Waals surface area (Å²) >= 11 is 0.804. The van der Waals surface area contributed by atoms with Gasteiger partial charge in [0.1, 0.15) is 6.01 Å². The van der Waals surface area contributed by atoms with Crippen molar-refractivity contribution in [1.29, 1.82) is 0 Å². The number of alkyl halides is 1. The van der Waals surface area contributed by atoms with Crippen molar-refractivity contribution in [2.24, 2.45) is 40.4 Å². The van der Waals surface area contributed by atoms with Gasteiger partial charge in [0.25, 0.3) is 0 Å². The van der Waals surface area contributed by atoms with Crippen LogP contribution in [0.25, 0.3) is 0 Å². The van der Waals surface area contributed by atoms with E-state index in [2.05, 4.69) is 20.8 Å². The summed E-state index contributed by atoms with van der Waals surface area (Å²) in [5.41, 5.74) is 0.131. The van der Waals surface area contributed by atoms with Crippen molar-refractivity contribution in [1.82, 2.24) is 0 Å². The van der Waals surface area contributed by atoms with Gasteiger partial charge in [-0.15, -0.1) is 0 Å². The minimum Gasteiger partial charge on any atom is -0.295 e. The van der Waals surface area contributed by atoms with E-state index < -0.39 is 6.01 Å². The Hall–Kier alpha value is -1.23. The minimum atomic E-state index is -0.668. The molecule has 0 radical (unpaired) electrons. The molecule has 0 aromatic carbocycles. The van der Waals surface area contributed by atoms with Gasteiger partial charge in [-0.05, 0) is 60.5 Å². The third-order valence-corrected chi connectivity index (χ3v) is 8.83. The maximum absolute atomic E-state index is 13.0. The summed E-state index contributed by atoms with van der Waals surface area (Å²) in [5, 5.41) is -0.0226. The summed E-state index contributed by atoms with van der Waals surface area (Å²) in [6.07, 6.45) is 8.34. The number of Topliss-reactive ketones (excluding diaryl/α,β-unsaturated/α-hetero) is 1. The smallest absolute Gasteiger partial charge is 0.195 e. The van der Waals surface area contributed by atoms with Crippen LogP contribution in [0.2, 0.25) is 0 Å². The number of ketones is 2. The fraction of sp³-hybridized carbons (Fsp3) is 0.682. The number of hydrogen-bond donors (Lipinski definition) is 0. The molecule has 3 saturated carbocycles. The highest BCUT2D eigenvalue weighted by molar-refractivity contribution is 8.13. The van der Waals surface area contributed by atoms with Crippen LogP contribution in [0.1, 0.15) is 46.5 Å². The summed E-state index contributed by atoms with van der Waals surface area (Å²) in [6, 6.07) is -0.668. The summed E-state index contributed by atoms with van der Waals surface area (Å²) in [4.78, 5) is 37.5. The van der Waals surface area contributed by atoms with Crippen LogP contribution < -0.4 is 0 Å². The fourth-order valence-corrected chi connectivity index (χ4v) is 7.83. The highest BCUT2D eigenvalue weighted by Crippen LogP contribution is 2.67. The average molecular weight is 391 g/mol. The second-order valence-corrected chi connectivity index (χ2v) is 10.3. The molecule has 4 aliphatic rings. The first-order chi connectivity index (χ1) is 12.7. The Morgan fingerprint density at radius 2 is 2.04 bits per heavy atom. The van der Waals surface area contributed by atoms with E-state index in [1.165, 1.54) is 6.08 Å². The molecule has 0 N–H and O–H groups in total. The van der Waals surface area contributed by atoms with Gasteiger partial charge >= 0.3 is 0 Å². The Morgan fingerprint density at radius 3 is 2.74 bits per heavy atom. The Balaban J connectivity index is 1.70. The summed E-state index contributed by atoms with van der Waals surface area (Å²) < 4.78 is 12.8. The number of halogens is 1. The molecule has 0 aromatic heterocycles. The lowest BCUT2D eigenvalue weighted by Gasteiger charge is -2.56. The quantitative estimate of drug-likeness (QED) is 0.695. The number of allylic oxidation sites excluding steroid dienone is 4. The predicted molar refractivity (Wildman–Crippen MR) is 104 cm³/mol. The molecule has 0 unspecified atom stereocenters. The molecule has 4 aliphatic carbocycles. The van der Waals surface area contributed by atoms with Gasteiger partial charge in [0, 0.05) is 23.3 Å². The van der Waals surface area contributed by atoms with E-state index in [1.54, 1.807) is 6.08 Å². The zero-order valence-corrected chi connectivity index (χ0v) is 17.0. The molecule has 5 heteroatoms. The molecule has 0 aliphatic heterocycles. The van der Waals surface area contributed by atoms with Crippen LogP contribution in [0.15, 0.2) is 23.8 Å². The van der Waals surface area contributed by atoms with Crippen molar-refractivity contribution in [3.8, 4) is 0 Å². The lowest BCUT2D eigenvalue weighted by Crippen LogP contribution is -2.52. The lowest BCUT2D eigenvalue weighted by atomic mass is 9.47. The highest BCUT2D eigenvalue weighted by atomic mass is 32.2. The molecule has 3 fully saturated rings. The SMILES string of the molecule is C[C@@H]1C[C@H]2[C@@H]3CC(=O)C4=CC(=O)C=C[C@]4(C)[C@H]3CC[C@]2(C)[C@H]1C(=O)SCF. The van der Waals surface area contributed by atoms with Gasteiger partial charge in [0.15, 0.2) is 16.7 Å². The standard InChI is InChI=1S/C22H27FO3S/c1-12-8-16-14-10-18(25)17-9-13(24)4-6-21(17,2)15(14)5-7-22(16,3)19(12)20(26)27-11-23/h4,6,9,12,14-16,19H,5,7-8,10-11H2,1-3H3/t12-,14-,15+,16+,19-,21-,22+/m1/s1. The molecule has 0 amide bonds. The predicted octanol–water partition coefficient (Wildman–Crippen LogP) is 4.52. The van der Waals surface area contributed by atoms with Crippen LogP contribution in [0, 0.1) is 40.4 Å². The first-order valence-corrected chi connectivity index (χ1v) is 10.9. The molecule has 27 heavy (non-hydrogen) atoms. The molecular formula is C22H27FO3S. The van der Waals surface area contributed by atoms with Gasteiger partial charge in [-0.25, -0.2) is 4.39 Å². The lowest BCUT2D eigenvalue weighted by molar-refractivity contribution is -0.129. The molecule has 0 heterocycles. The monoisotopic (exact) mass is 390 g/mol. The molecule has 0 saturated heterocycles. The van der Waals surface area contributed by atoms with Gasteiger partial charge in [-0.2, -0.15) is 0 Å². The maximum Gasteiger partial charge on any atom is 0.195 e. The minimum absolute atomic E-state index is 0.0226. The Kier molecular flexibility index (Phi) is 4.53. The maximum atomic E-state index is 13.0. The highest BCUT2D eigenvalue weighted by Gasteiger charge is 2.62. The van der Waals surface area contributed by atoms with E-state index in [4.69, 9.17) is 0 Å². The number of carbonyl (C=O) groups is 3. The van der Waals surface area contributed by atoms with Crippen molar-refractivity contribution in [3.63, 3.8) is 0 Å². The van der Waals surface area contributed by atoms with E-state index in [0.29, 0.717) is 23.8 Å². The Labute approximate surface area is 164 Å². The van der Waals surface area contributed by atoms with Crippen molar-refractivity contribution in [2.45, 2.75) is 46.5 Å². The van der Waals surface area contributed by atoms with Crippen LogP contribution in [-0.2, 0) is 14.4 Å². The zero-order valence-electron chi connectivity index (χ0n) is 16.2. The van der Waals surface area contributed by atoms with Crippen LogP contribution in [0.5, 0.6) is 0 Å². The number of hydrogen-bond acceptors (Lipinski definition) is 4. The summed E-state index contributed by atoms with van der Waals surface area (Å²) in [6.45, 7) is 6.40. The van der Waals surface area contributed by atoms with Crippen molar-refractivity contribution < 1.29 is 18.8 Å². The first-order valence-electron chi connectivity index (χ1n) is 9.93.